The van der Waals surface area contributed by atoms with Crippen LogP contribution >= 0.6 is 11.8 Å². The Morgan fingerprint density at radius 2 is 1.80 bits per heavy atom. The first kappa shape index (κ1) is 14.3. The van der Waals surface area contributed by atoms with E-state index in [1.54, 1.807) is 0 Å². The SMILES string of the molecule is Cn1c(C(=O)O)cnc1Sc1c(F)c(F)nc(F)c1F. The van der Waals surface area contributed by atoms with E-state index in [0.29, 0.717) is 0 Å². The standard InChI is InChI=1S/C10H5F4N3O2S/c1-17-3(9(18)19)2-15-10(17)20-6-4(11)7(13)16-8(14)5(6)12/h2H,1H3,(H,18,19). The average Bonchev–Trinajstić information content (AvgIpc) is 2.74. The normalized spacial score (nSPS) is 10.8. The van der Waals surface area contributed by atoms with Gasteiger partial charge in [0, 0.05) is 7.05 Å². The Balaban J connectivity index is 2.48. The molecule has 5 nitrogen and oxygen atoms in total. The zero-order valence-corrected chi connectivity index (χ0v) is 10.5. The van der Waals surface area contributed by atoms with Crippen molar-refractivity contribution in [2.45, 2.75) is 10.1 Å². The molecule has 1 N–H and O–H groups in total. The fraction of sp³-hybridized carbons (Fsp3) is 0.100. The minimum absolute atomic E-state index is 0.148. The second kappa shape index (κ2) is 5.12. The molecule has 0 bridgehead atoms. The lowest BCUT2D eigenvalue weighted by Gasteiger charge is -2.06. The number of carboxylic acids is 1. The molecule has 2 aromatic heterocycles. The molecule has 0 aliphatic heterocycles. The quantitative estimate of drug-likeness (QED) is 0.695. The monoisotopic (exact) mass is 307 g/mol. The van der Waals surface area contributed by atoms with Gasteiger partial charge in [-0.2, -0.15) is 13.8 Å². The van der Waals surface area contributed by atoms with Gasteiger partial charge >= 0.3 is 5.97 Å². The Hall–Kier alpha value is -2.10. The summed E-state index contributed by atoms with van der Waals surface area (Å²) in [6.45, 7) is 0. The largest absolute Gasteiger partial charge is 0.477 e. The molecule has 0 amide bonds. The van der Waals surface area contributed by atoms with Gasteiger partial charge in [-0.3, -0.25) is 0 Å². The van der Waals surface area contributed by atoms with Gasteiger partial charge in [0.1, 0.15) is 5.69 Å². The van der Waals surface area contributed by atoms with E-state index < -0.39 is 34.4 Å². The van der Waals surface area contributed by atoms with E-state index >= 15 is 0 Å². The molecule has 0 aromatic carbocycles. The predicted molar refractivity (Wildman–Crippen MR) is 58.4 cm³/mol. The summed E-state index contributed by atoms with van der Waals surface area (Å²) in [5, 5.41) is 8.65. The van der Waals surface area contributed by atoms with Crippen LogP contribution in [-0.4, -0.2) is 25.6 Å². The molecule has 2 heterocycles. The first-order valence-electron chi connectivity index (χ1n) is 4.95. The Labute approximate surface area is 113 Å². The molecular formula is C10H5F4N3O2S. The van der Waals surface area contributed by atoms with Crippen LogP contribution in [0.5, 0.6) is 0 Å². The molecule has 0 saturated heterocycles. The van der Waals surface area contributed by atoms with Crippen molar-refractivity contribution in [1.82, 2.24) is 14.5 Å². The topological polar surface area (TPSA) is 68.0 Å². The molecule has 0 fully saturated rings. The maximum absolute atomic E-state index is 13.4. The third kappa shape index (κ3) is 2.33. The van der Waals surface area contributed by atoms with Gasteiger partial charge in [0.15, 0.2) is 16.8 Å². The number of hydrogen-bond donors (Lipinski definition) is 1. The number of imidazole rings is 1. The molecule has 0 atom stereocenters. The van der Waals surface area contributed by atoms with Crippen LogP contribution in [0.4, 0.5) is 17.6 Å². The van der Waals surface area contributed by atoms with Crippen LogP contribution in [0, 0.1) is 23.5 Å². The minimum Gasteiger partial charge on any atom is -0.477 e. The molecular weight excluding hydrogens is 302 g/mol. The van der Waals surface area contributed by atoms with Gasteiger partial charge in [0.2, 0.25) is 0 Å². The van der Waals surface area contributed by atoms with Gasteiger partial charge in [-0.05, 0) is 11.8 Å². The highest BCUT2D eigenvalue weighted by atomic mass is 32.2. The summed E-state index contributed by atoms with van der Waals surface area (Å²) >= 11 is 0.253. The average molecular weight is 307 g/mol. The zero-order valence-electron chi connectivity index (χ0n) is 9.69. The van der Waals surface area contributed by atoms with Crippen molar-refractivity contribution < 1.29 is 27.5 Å². The zero-order chi connectivity index (χ0) is 15.0. The lowest BCUT2D eigenvalue weighted by Crippen LogP contribution is -2.06. The summed E-state index contributed by atoms with van der Waals surface area (Å²) in [4.78, 5) is 15.8. The van der Waals surface area contributed by atoms with Crippen LogP contribution in [-0.2, 0) is 7.05 Å². The first-order valence-corrected chi connectivity index (χ1v) is 5.77. The first-order chi connectivity index (χ1) is 9.32. The summed E-state index contributed by atoms with van der Waals surface area (Å²) in [5.41, 5.74) is -0.247. The van der Waals surface area contributed by atoms with E-state index in [4.69, 9.17) is 5.11 Å². The van der Waals surface area contributed by atoms with Crippen molar-refractivity contribution in [3.8, 4) is 0 Å². The molecule has 0 radical (unpaired) electrons. The molecule has 2 aromatic rings. The van der Waals surface area contributed by atoms with E-state index in [9.17, 15) is 22.4 Å². The van der Waals surface area contributed by atoms with Crippen LogP contribution in [0.15, 0.2) is 16.2 Å². The van der Waals surface area contributed by atoms with Crippen molar-refractivity contribution in [3.63, 3.8) is 0 Å². The molecule has 106 valence electrons. The van der Waals surface area contributed by atoms with Gasteiger partial charge in [-0.1, -0.05) is 0 Å². The molecule has 10 heteroatoms. The fourth-order valence-corrected chi connectivity index (χ4v) is 2.21. The van der Waals surface area contributed by atoms with E-state index in [2.05, 4.69) is 9.97 Å². The van der Waals surface area contributed by atoms with Gasteiger partial charge < -0.3 is 9.67 Å². The second-order valence-electron chi connectivity index (χ2n) is 3.54. The number of aromatic carboxylic acids is 1. The maximum Gasteiger partial charge on any atom is 0.354 e. The molecule has 0 spiro atoms. The predicted octanol–water partition coefficient (Wildman–Crippen LogP) is 2.22. The number of pyridine rings is 1. The van der Waals surface area contributed by atoms with E-state index in [0.717, 1.165) is 10.8 Å². The van der Waals surface area contributed by atoms with Gasteiger partial charge in [0.25, 0.3) is 11.9 Å². The maximum atomic E-state index is 13.4. The third-order valence-corrected chi connectivity index (χ3v) is 3.44. The number of carboxylic acid groups (broad SMARTS) is 1. The minimum atomic E-state index is -1.79. The number of aromatic nitrogens is 3. The molecule has 20 heavy (non-hydrogen) atoms. The number of rotatable bonds is 3. The van der Waals surface area contributed by atoms with E-state index in [1.165, 1.54) is 7.05 Å². The molecule has 0 aliphatic carbocycles. The Kier molecular flexibility index (Phi) is 3.66. The third-order valence-electron chi connectivity index (χ3n) is 2.32. The second-order valence-corrected chi connectivity index (χ2v) is 4.52. The fourth-order valence-electron chi connectivity index (χ4n) is 1.34. The molecule has 0 unspecified atom stereocenters. The molecule has 0 saturated carbocycles. The van der Waals surface area contributed by atoms with Crippen LogP contribution < -0.4 is 0 Å². The highest BCUT2D eigenvalue weighted by Crippen LogP contribution is 2.32. The van der Waals surface area contributed by atoms with Crippen LogP contribution in [0.3, 0.4) is 0 Å². The Morgan fingerprint density at radius 3 is 2.25 bits per heavy atom. The summed E-state index contributed by atoms with van der Waals surface area (Å²) in [6.07, 6.45) is 0.953. The van der Waals surface area contributed by atoms with Gasteiger partial charge in [-0.15, -0.1) is 0 Å². The van der Waals surface area contributed by atoms with Crippen LogP contribution in [0.2, 0.25) is 0 Å². The number of nitrogens with zero attached hydrogens (tertiary/aromatic N) is 3. The van der Waals surface area contributed by atoms with E-state index in [-0.39, 0.29) is 22.6 Å². The smallest absolute Gasteiger partial charge is 0.354 e. The van der Waals surface area contributed by atoms with Gasteiger partial charge in [0.05, 0.1) is 11.1 Å². The van der Waals surface area contributed by atoms with Crippen molar-refractivity contribution in [2.75, 3.05) is 0 Å². The van der Waals surface area contributed by atoms with Crippen molar-refractivity contribution >= 4 is 17.7 Å². The van der Waals surface area contributed by atoms with Crippen molar-refractivity contribution in [1.29, 1.82) is 0 Å². The summed E-state index contributed by atoms with van der Waals surface area (Å²) < 4.78 is 53.7. The molecule has 2 rings (SSSR count). The lowest BCUT2D eigenvalue weighted by atomic mass is 10.4. The van der Waals surface area contributed by atoms with Crippen molar-refractivity contribution in [2.24, 2.45) is 7.05 Å². The Morgan fingerprint density at radius 1 is 1.25 bits per heavy atom. The summed E-state index contributed by atoms with van der Waals surface area (Å²) in [6, 6.07) is 0. The number of carbonyl (C=O) groups is 1. The highest BCUT2D eigenvalue weighted by molar-refractivity contribution is 7.99. The van der Waals surface area contributed by atoms with Crippen molar-refractivity contribution in [3.05, 3.63) is 35.4 Å². The lowest BCUT2D eigenvalue weighted by molar-refractivity contribution is 0.0685. The highest BCUT2D eigenvalue weighted by Gasteiger charge is 2.24. The summed E-state index contributed by atoms with van der Waals surface area (Å²) in [7, 11) is 1.28. The van der Waals surface area contributed by atoms with Crippen LogP contribution in [0.25, 0.3) is 0 Å². The number of halogens is 4. The van der Waals surface area contributed by atoms with Crippen LogP contribution in [0.1, 0.15) is 10.5 Å². The van der Waals surface area contributed by atoms with E-state index in [1.807, 2.05) is 0 Å². The summed E-state index contributed by atoms with van der Waals surface area (Å²) in [5.74, 6) is -8.24. The van der Waals surface area contributed by atoms with Gasteiger partial charge in [-0.25, -0.2) is 18.6 Å². The molecule has 0 aliphatic rings. The number of hydrogen-bond acceptors (Lipinski definition) is 4. The Bertz CT molecular complexity index is 678.